The number of carbonyl (C=O) groups is 1. The van der Waals surface area contributed by atoms with Gasteiger partial charge in [0.1, 0.15) is 10.6 Å². The van der Waals surface area contributed by atoms with Crippen molar-refractivity contribution in [3.8, 4) is 0 Å². The van der Waals surface area contributed by atoms with E-state index in [-0.39, 0.29) is 23.9 Å². The maximum Gasteiger partial charge on any atom is 0.258 e. The quantitative estimate of drug-likeness (QED) is 0.756. The molecule has 20 heavy (non-hydrogen) atoms. The van der Waals surface area contributed by atoms with Crippen molar-refractivity contribution >= 4 is 28.3 Å². The van der Waals surface area contributed by atoms with Gasteiger partial charge in [0.2, 0.25) is 0 Å². The van der Waals surface area contributed by atoms with Crippen LogP contribution in [0.3, 0.4) is 0 Å². The molecule has 1 fully saturated rings. The van der Waals surface area contributed by atoms with Crippen molar-refractivity contribution in [1.82, 2.24) is 9.69 Å². The Morgan fingerprint density at radius 3 is 2.80 bits per heavy atom. The van der Waals surface area contributed by atoms with Gasteiger partial charge in [0, 0.05) is 19.6 Å². The number of anilines is 2. The van der Waals surface area contributed by atoms with Crippen molar-refractivity contribution in [3.63, 3.8) is 0 Å². The van der Waals surface area contributed by atoms with Gasteiger partial charge in [-0.3, -0.25) is 4.79 Å². The fraction of sp³-hybridized carbons (Fsp3) is 0.692. The summed E-state index contributed by atoms with van der Waals surface area (Å²) in [4.78, 5) is 14.2. The van der Waals surface area contributed by atoms with Crippen LogP contribution in [0, 0.1) is 5.92 Å². The number of nitrogens with one attached hydrogen (secondary N) is 1. The van der Waals surface area contributed by atoms with Crippen molar-refractivity contribution in [2.45, 2.75) is 38.8 Å². The molecule has 1 aliphatic rings. The number of nitrogens with two attached hydrogens (primary N) is 1. The molecule has 0 saturated heterocycles. The third-order valence-corrected chi connectivity index (χ3v) is 4.41. The van der Waals surface area contributed by atoms with Gasteiger partial charge in [0.05, 0.1) is 6.10 Å². The highest BCUT2D eigenvalue weighted by molar-refractivity contribution is 7.11. The molecular weight excluding hydrogens is 276 g/mol. The van der Waals surface area contributed by atoms with E-state index in [2.05, 4.69) is 9.69 Å². The van der Waals surface area contributed by atoms with Crippen LogP contribution in [-0.2, 0) is 0 Å². The first-order valence-electron chi connectivity index (χ1n) is 6.83. The minimum Gasteiger partial charge on any atom is -0.393 e. The molecule has 0 radical (unpaired) electrons. The Morgan fingerprint density at radius 1 is 1.60 bits per heavy atom. The van der Waals surface area contributed by atoms with Crippen LogP contribution < -0.4 is 16.0 Å². The van der Waals surface area contributed by atoms with Crippen molar-refractivity contribution in [1.29, 1.82) is 0 Å². The number of rotatable bonds is 5. The highest BCUT2D eigenvalue weighted by atomic mass is 32.1. The minimum atomic E-state index is -0.179. The van der Waals surface area contributed by atoms with Crippen molar-refractivity contribution in [3.05, 3.63) is 5.56 Å². The Hall–Kier alpha value is -1.34. The molecule has 0 unspecified atom stereocenters. The number of aliphatic hydroxyl groups is 1. The third-order valence-electron chi connectivity index (χ3n) is 3.44. The second kappa shape index (κ2) is 5.97. The predicted octanol–water partition coefficient (Wildman–Crippen LogP) is 1.07. The average Bonchev–Trinajstić information content (AvgIpc) is 2.68. The van der Waals surface area contributed by atoms with E-state index in [4.69, 9.17) is 5.73 Å². The first-order chi connectivity index (χ1) is 9.38. The molecule has 0 spiro atoms. The number of amides is 1. The number of nitrogen functional groups attached to an aromatic ring is 1. The Kier molecular flexibility index (Phi) is 4.49. The fourth-order valence-electron chi connectivity index (χ4n) is 2.42. The van der Waals surface area contributed by atoms with Gasteiger partial charge in [-0.25, -0.2) is 0 Å². The number of aliphatic hydroxyl groups excluding tert-OH is 1. The maximum absolute atomic E-state index is 12.2. The Labute approximate surface area is 123 Å². The van der Waals surface area contributed by atoms with Gasteiger partial charge in [-0.15, -0.1) is 0 Å². The van der Waals surface area contributed by atoms with Crippen LogP contribution in [0.2, 0.25) is 0 Å². The molecule has 0 aromatic carbocycles. The van der Waals surface area contributed by atoms with Crippen LogP contribution in [0.5, 0.6) is 0 Å². The van der Waals surface area contributed by atoms with Crippen molar-refractivity contribution < 1.29 is 9.90 Å². The van der Waals surface area contributed by atoms with E-state index in [1.54, 1.807) is 0 Å². The van der Waals surface area contributed by atoms with E-state index in [0.29, 0.717) is 11.5 Å². The molecule has 0 bridgehead atoms. The van der Waals surface area contributed by atoms with E-state index in [1.165, 1.54) is 11.5 Å². The van der Waals surface area contributed by atoms with Gasteiger partial charge in [-0.05, 0) is 44.1 Å². The monoisotopic (exact) mass is 298 g/mol. The van der Waals surface area contributed by atoms with Crippen LogP contribution in [0.4, 0.5) is 10.8 Å². The van der Waals surface area contributed by atoms with Crippen molar-refractivity contribution in [2.24, 2.45) is 5.92 Å². The molecule has 0 atom stereocenters. The second-order valence-electron chi connectivity index (χ2n) is 5.75. The van der Waals surface area contributed by atoms with Gasteiger partial charge in [-0.2, -0.15) is 4.37 Å². The van der Waals surface area contributed by atoms with Crippen LogP contribution >= 0.6 is 11.5 Å². The normalized spacial score (nSPS) is 21.6. The molecular formula is C13H22N4O2S. The number of hydrogen-bond acceptors (Lipinski definition) is 6. The lowest BCUT2D eigenvalue weighted by Crippen LogP contribution is -2.38. The van der Waals surface area contributed by atoms with Crippen LogP contribution in [0.25, 0.3) is 0 Å². The number of nitrogens with zero attached hydrogens (tertiary/aromatic N) is 2. The zero-order valence-electron chi connectivity index (χ0n) is 12.1. The topological polar surface area (TPSA) is 91.5 Å². The Balaban J connectivity index is 2.09. The first-order valence-corrected chi connectivity index (χ1v) is 7.61. The molecule has 1 aliphatic carbocycles. The van der Waals surface area contributed by atoms with Crippen LogP contribution in [0.1, 0.15) is 37.0 Å². The minimum absolute atomic E-state index is 0.0572. The van der Waals surface area contributed by atoms with E-state index in [0.717, 1.165) is 24.4 Å². The predicted molar refractivity (Wildman–Crippen MR) is 81.1 cm³/mol. The SMILES string of the molecule is CC(C)NC(=O)c1c(N)nsc1N(C)CC1CC(O)C1. The summed E-state index contributed by atoms with van der Waals surface area (Å²) in [6, 6.07) is 0.0572. The van der Waals surface area contributed by atoms with Crippen molar-refractivity contribution in [2.75, 3.05) is 24.2 Å². The van der Waals surface area contributed by atoms with E-state index >= 15 is 0 Å². The summed E-state index contributed by atoms with van der Waals surface area (Å²) in [6.07, 6.45) is 1.49. The van der Waals surface area contributed by atoms with Gasteiger partial charge in [-0.1, -0.05) is 0 Å². The molecule has 1 saturated carbocycles. The zero-order valence-corrected chi connectivity index (χ0v) is 12.9. The van der Waals surface area contributed by atoms with Crippen LogP contribution in [-0.4, -0.2) is 41.1 Å². The number of aromatic nitrogens is 1. The summed E-state index contributed by atoms with van der Waals surface area (Å²) in [5, 5.41) is 13.0. The largest absolute Gasteiger partial charge is 0.393 e. The third kappa shape index (κ3) is 3.21. The fourth-order valence-corrected chi connectivity index (χ4v) is 3.20. The molecule has 6 nitrogen and oxygen atoms in total. The molecule has 1 aromatic rings. The van der Waals surface area contributed by atoms with Crippen LogP contribution in [0.15, 0.2) is 0 Å². The lowest BCUT2D eigenvalue weighted by atomic mass is 9.82. The summed E-state index contributed by atoms with van der Waals surface area (Å²) in [5.74, 6) is 0.574. The van der Waals surface area contributed by atoms with Gasteiger partial charge in [0.25, 0.3) is 5.91 Å². The molecule has 0 aliphatic heterocycles. The molecule has 1 amide bonds. The number of hydrogen-bond donors (Lipinski definition) is 3. The molecule has 1 heterocycles. The lowest BCUT2D eigenvalue weighted by molar-refractivity contribution is 0.0465. The Bertz CT molecular complexity index is 483. The van der Waals surface area contributed by atoms with Gasteiger partial charge in [0.15, 0.2) is 5.82 Å². The van der Waals surface area contributed by atoms with E-state index in [9.17, 15) is 9.90 Å². The number of carbonyl (C=O) groups excluding carboxylic acids is 1. The summed E-state index contributed by atoms with van der Waals surface area (Å²) in [7, 11) is 1.93. The van der Waals surface area contributed by atoms with E-state index in [1.807, 2.05) is 25.8 Å². The molecule has 1 aromatic heterocycles. The summed E-state index contributed by atoms with van der Waals surface area (Å²) in [6.45, 7) is 4.63. The standard InChI is InChI=1S/C13H22N4O2S/c1-7(2)15-12(19)10-11(14)16-20-13(10)17(3)6-8-4-9(18)5-8/h7-9,18H,4-6H2,1-3H3,(H2,14,16)(H,15,19). The molecule has 2 rings (SSSR count). The lowest BCUT2D eigenvalue weighted by Gasteiger charge is -2.34. The molecule has 4 N–H and O–H groups in total. The highest BCUT2D eigenvalue weighted by Gasteiger charge is 2.30. The van der Waals surface area contributed by atoms with E-state index < -0.39 is 0 Å². The average molecular weight is 298 g/mol. The molecule has 7 heteroatoms. The first kappa shape index (κ1) is 15.1. The summed E-state index contributed by atoms with van der Waals surface area (Å²) < 4.78 is 4.10. The van der Waals surface area contributed by atoms with Gasteiger partial charge >= 0.3 is 0 Å². The summed E-state index contributed by atoms with van der Waals surface area (Å²) >= 11 is 1.24. The highest BCUT2D eigenvalue weighted by Crippen LogP contribution is 2.33. The smallest absolute Gasteiger partial charge is 0.258 e. The Morgan fingerprint density at radius 2 is 2.25 bits per heavy atom. The summed E-state index contributed by atoms with van der Waals surface area (Å²) in [5.41, 5.74) is 6.29. The zero-order chi connectivity index (χ0) is 14.9. The van der Waals surface area contributed by atoms with Gasteiger partial charge < -0.3 is 21.1 Å². The maximum atomic E-state index is 12.2. The second-order valence-corrected chi connectivity index (χ2v) is 6.50. The molecule has 112 valence electrons.